The van der Waals surface area contributed by atoms with Gasteiger partial charge in [-0.15, -0.1) is 10.2 Å². The van der Waals surface area contributed by atoms with E-state index in [1.54, 1.807) is 24.3 Å². The maximum absolute atomic E-state index is 13.1. The van der Waals surface area contributed by atoms with Gasteiger partial charge in [0.05, 0.1) is 12.2 Å². The lowest BCUT2D eigenvalue weighted by Crippen LogP contribution is -2.33. The maximum Gasteiger partial charge on any atom is 0.271 e. The van der Waals surface area contributed by atoms with Crippen LogP contribution in [-0.4, -0.2) is 45.5 Å². The normalized spacial score (nSPS) is 13.8. The standard InChI is InChI=1S/C22H23FN6O2/c23-17-6-4-16(5-7-17)18-9-11-21(30)29(27-18)15-12-24-22(31)19-8-10-20(26-25-19)28-13-2-1-3-14-28/h4-11H,1-3,12-15H2,(H,24,31). The van der Waals surface area contributed by atoms with Gasteiger partial charge in [0.2, 0.25) is 0 Å². The highest BCUT2D eigenvalue weighted by Crippen LogP contribution is 2.17. The van der Waals surface area contributed by atoms with Crippen LogP contribution in [0.15, 0.2) is 53.3 Å². The number of carbonyl (C=O) groups excluding carboxylic acids is 1. The highest BCUT2D eigenvalue weighted by molar-refractivity contribution is 5.92. The molecule has 0 unspecified atom stereocenters. The van der Waals surface area contributed by atoms with Crippen LogP contribution in [0, 0.1) is 5.82 Å². The van der Waals surface area contributed by atoms with E-state index in [0.717, 1.165) is 31.7 Å². The van der Waals surface area contributed by atoms with Crippen LogP contribution in [0.3, 0.4) is 0 Å². The van der Waals surface area contributed by atoms with E-state index in [9.17, 15) is 14.0 Å². The van der Waals surface area contributed by atoms with Crippen molar-refractivity contribution in [2.45, 2.75) is 25.8 Å². The number of benzene rings is 1. The summed E-state index contributed by atoms with van der Waals surface area (Å²) in [6.07, 6.45) is 3.51. The molecule has 0 atom stereocenters. The minimum atomic E-state index is -0.361. The topological polar surface area (TPSA) is 93.0 Å². The van der Waals surface area contributed by atoms with Crippen molar-refractivity contribution in [2.75, 3.05) is 24.5 Å². The van der Waals surface area contributed by atoms with Gasteiger partial charge in [0, 0.05) is 31.3 Å². The third-order valence-electron chi connectivity index (χ3n) is 5.18. The van der Waals surface area contributed by atoms with Crippen molar-refractivity contribution in [3.8, 4) is 11.3 Å². The molecule has 31 heavy (non-hydrogen) atoms. The molecular weight excluding hydrogens is 399 g/mol. The SMILES string of the molecule is O=C(NCCn1nc(-c2ccc(F)cc2)ccc1=O)c1ccc(N2CCCCC2)nn1. The molecule has 1 amide bonds. The molecule has 0 radical (unpaired) electrons. The Hall–Kier alpha value is -3.62. The van der Waals surface area contributed by atoms with Gasteiger partial charge in [0.15, 0.2) is 11.5 Å². The molecule has 2 aromatic heterocycles. The first-order valence-corrected chi connectivity index (χ1v) is 10.3. The number of nitrogens with zero attached hydrogens (tertiary/aromatic N) is 5. The lowest BCUT2D eigenvalue weighted by atomic mass is 10.1. The molecule has 0 aliphatic carbocycles. The molecule has 0 bridgehead atoms. The Morgan fingerprint density at radius 2 is 1.74 bits per heavy atom. The Labute approximate surface area is 178 Å². The van der Waals surface area contributed by atoms with Crippen LogP contribution < -0.4 is 15.8 Å². The summed E-state index contributed by atoms with van der Waals surface area (Å²) in [6, 6.07) is 12.3. The number of hydrogen-bond donors (Lipinski definition) is 1. The first kappa shape index (κ1) is 20.6. The lowest BCUT2D eigenvalue weighted by molar-refractivity contribution is 0.0945. The van der Waals surface area contributed by atoms with E-state index in [1.807, 2.05) is 6.07 Å². The van der Waals surface area contributed by atoms with Crippen molar-refractivity contribution in [3.05, 3.63) is 70.4 Å². The number of hydrogen-bond acceptors (Lipinski definition) is 6. The minimum absolute atomic E-state index is 0.193. The minimum Gasteiger partial charge on any atom is -0.355 e. The number of rotatable bonds is 6. The molecule has 4 rings (SSSR count). The fraction of sp³-hybridized carbons (Fsp3) is 0.318. The van der Waals surface area contributed by atoms with Crippen molar-refractivity contribution in [1.29, 1.82) is 0 Å². The van der Waals surface area contributed by atoms with Gasteiger partial charge in [-0.25, -0.2) is 9.07 Å². The van der Waals surface area contributed by atoms with Gasteiger partial charge in [-0.05, 0) is 61.7 Å². The molecule has 1 fully saturated rings. The van der Waals surface area contributed by atoms with Crippen molar-refractivity contribution in [2.24, 2.45) is 0 Å². The van der Waals surface area contributed by atoms with Crippen molar-refractivity contribution in [3.63, 3.8) is 0 Å². The second-order valence-corrected chi connectivity index (χ2v) is 7.37. The molecule has 1 saturated heterocycles. The predicted octanol–water partition coefficient (Wildman–Crippen LogP) is 2.26. The number of carbonyl (C=O) groups is 1. The van der Waals surface area contributed by atoms with Crippen LogP contribution in [-0.2, 0) is 6.54 Å². The Balaban J connectivity index is 1.35. The lowest BCUT2D eigenvalue weighted by Gasteiger charge is -2.27. The summed E-state index contributed by atoms with van der Waals surface area (Å²) in [5.41, 5.74) is 1.18. The zero-order valence-corrected chi connectivity index (χ0v) is 17.0. The van der Waals surface area contributed by atoms with Crippen LogP contribution in [0.1, 0.15) is 29.8 Å². The molecule has 9 heteroatoms. The Morgan fingerprint density at radius 3 is 2.45 bits per heavy atom. The summed E-state index contributed by atoms with van der Waals surface area (Å²) in [4.78, 5) is 26.6. The summed E-state index contributed by atoms with van der Waals surface area (Å²) < 4.78 is 14.4. The molecule has 3 heterocycles. The van der Waals surface area contributed by atoms with E-state index >= 15 is 0 Å². The molecular formula is C22H23FN6O2. The summed E-state index contributed by atoms with van der Waals surface area (Å²) in [5, 5.41) is 15.3. The highest BCUT2D eigenvalue weighted by Gasteiger charge is 2.14. The van der Waals surface area contributed by atoms with E-state index < -0.39 is 0 Å². The summed E-state index contributed by atoms with van der Waals surface area (Å²) in [5.74, 6) is 0.0805. The van der Waals surface area contributed by atoms with Gasteiger partial charge in [0.25, 0.3) is 11.5 Å². The van der Waals surface area contributed by atoms with Crippen LogP contribution >= 0.6 is 0 Å². The van der Waals surface area contributed by atoms with Gasteiger partial charge < -0.3 is 10.2 Å². The van der Waals surface area contributed by atoms with Crippen molar-refractivity contribution in [1.82, 2.24) is 25.3 Å². The molecule has 160 valence electrons. The fourth-order valence-electron chi connectivity index (χ4n) is 3.49. The molecule has 1 aliphatic rings. The number of aromatic nitrogens is 4. The average molecular weight is 422 g/mol. The first-order chi connectivity index (χ1) is 15.1. The summed E-state index contributed by atoms with van der Waals surface area (Å²) in [7, 11) is 0. The second-order valence-electron chi connectivity index (χ2n) is 7.37. The van der Waals surface area contributed by atoms with Crippen LogP contribution in [0.2, 0.25) is 0 Å². The van der Waals surface area contributed by atoms with Gasteiger partial charge in [0.1, 0.15) is 5.82 Å². The second kappa shape index (κ2) is 9.46. The first-order valence-electron chi connectivity index (χ1n) is 10.3. The number of nitrogens with one attached hydrogen (secondary N) is 1. The predicted molar refractivity (Wildman–Crippen MR) is 114 cm³/mol. The van der Waals surface area contributed by atoms with Crippen LogP contribution in [0.4, 0.5) is 10.2 Å². The molecule has 1 N–H and O–H groups in total. The van der Waals surface area contributed by atoms with E-state index in [0.29, 0.717) is 11.3 Å². The van der Waals surface area contributed by atoms with Gasteiger partial charge in [-0.2, -0.15) is 5.10 Å². The van der Waals surface area contributed by atoms with Crippen LogP contribution in [0.5, 0.6) is 0 Å². The van der Waals surface area contributed by atoms with Crippen molar-refractivity contribution < 1.29 is 9.18 Å². The Bertz CT molecular complexity index is 1090. The molecule has 1 aromatic carbocycles. The Kier molecular flexibility index (Phi) is 6.30. The molecule has 8 nitrogen and oxygen atoms in total. The van der Waals surface area contributed by atoms with Gasteiger partial charge in [-0.3, -0.25) is 9.59 Å². The third kappa shape index (κ3) is 5.11. The number of piperidine rings is 1. The molecule has 0 spiro atoms. The van der Waals surface area contributed by atoms with E-state index in [-0.39, 0.29) is 36.1 Å². The molecule has 1 aliphatic heterocycles. The number of amides is 1. The van der Waals surface area contributed by atoms with Gasteiger partial charge >= 0.3 is 0 Å². The van der Waals surface area contributed by atoms with E-state index in [2.05, 4.69) is 25.5 Å². The number of halogens is 1. The highest BCUT2D eigenvalue weighted by atomic mass is 19.1. The summed E-state index contributed by atoms with van der Waals surface area (Å²) in [6.45, 7) is 2.31. The third-order valence-corrected chi connectivity index (χ3v) is 5.18. The quantitative estimate of drug-likeness (QED) is 0.655. The smallest absolute Gasteiger partial charge is 0.271 e. The number of anilines is 1. The summed E-state index contributed by atoms with van der Waals surface area (Å²) >= 11 is 0. The largest absolute Gasteiger partial charge is 0.355 e. The molecule has 0 saturated carbocycles. The van der Waals surface area contributed by atoms with Crippen LogP contribution in [0.25, 0.3) is 11.3 Å². The zero-order valence-electron chi connectivity index (χ0n) is 17.0. The van der Waals surface area contributed by atoms with E-state index in [1.165, 1.54) is 29.3 Å². The van der Waals surface area contributed by atoms with E-state index in [4.69, 9.17) is 0 Å². The van der Waals surface area contributed by atoms with Gasteiger partial charge in [-0.1, -0.05) is 0 Å². The maximum atomic E-state index is 13.1. The molecule has 3 aromatic rings. The monoisotopic (exact) mass is 422 g/mol. The van der Waals surface area contributed by atoms with Crippen molar-refractivity contribution >= 4 is 11.7 Å². The average Bonchev–Trinajstić information content (AvgIpc) is 2.81. The fourth-order valence-corrected chi connectivity index (χ4v) is 3.49. The zero-order chi connectivity index (χ0) is 21.6. The Morgan fingerprint density at radius 1 is 0.968 bits per heavy atom.